The van der Waals surface area contributed by atoms with Crippen molar-refractivity contribution in [3.05, 3.63) is 18.6 Å². The van der Waals surface area contributed by atoms with Crippen LogP contribution < -0.4 is 16.6 Å². The van der Waals surface area contributed by atoms with Crippen LogP contribution in [-0.2, 0) is 0 Å². The van der Waals surface area contributed by atoms with Crippen LogP contribution in [0.25, 0.3) is 5.65 Å². The fraction of sp³-hybridized carbons (Fsp3) is 0.455. The van der Waals surface area contributed by atoms with E-state index in [0.29, 0.717) is 11.9 Å². The van der Waals surface area contributed by atoms with E-state index in [1.54, 1.807) is 6.20 Å². The van der Waals surface area contributed by atoms with Crippen LogP contribution in [-0.4, -0.2) is 31.9 Å². The summed E-state index contributed by atoms with van der Waals surface area (Å²) in [6.07, 6.45) is 7.91. The van der Waals surface area contributed by atoms with Crippen LogP contribution in [0.15, 0.2) is 18.6 Å². The molecule has 6 nitrogen and oxygen atoms in total. The molecule has 0 saturated carbocycles. The SMILES string of the molecule is NNc1cn2ccnc2c(NC2CCCSC2)n1. The van der Waals surface area contributed by atoms with Gasteiger partial charge in [-0.05, 0) is 18.6 Å². The quantitative estimate of drug-likeness (QED) is 0.573. The highest BCUT2D eigenvalue weighted by Gasteiger charge is 2.16. The summed E-state index contributed by atoms with van der Waals surface area (Å²) in [5, 5.41) is 3.47. The maximum absolute atomic E-state index is 5.43. The number of imidazole rings is 1. The zero-order valence-corrected chi connectivity index (χ0v) is 10.8. The van der Waals surface area contributed by atoms with Crippen LogP contribution in [0.4, 0.5) is 11.6 Å². The first-order chi connectivity index (χ1) is 8.86. The monoisotopic (exact) mass is 264 g/mol. The molecule has 1 saturated heterocycles. The number of nitrogens with two attached hydrogens (primary N) is 1. The highest BCUT2D eigenvalue weighted by atomic mass is 32.2. The van der Waals surface area contributed by atoms with Gasteiger partial charge in [0.2, 0.25) is 0 Å². The second-order valence-electron chi connectivity index (χ2n) is 4.34. The largest absolute Gasteiger partial charge is 0.363 e. The summed E-state index contributed by atoms with van der Waals surface area (Å²) in [6, 6.07) is 0.463. The molecule has 0 bridgehead atoms. The Bertz CT molecular complexity index is 533. The molecule has 2 aromatic rings. The van der Waals surface area contributed by atoms with Crippen LogP contribution in [0.1, 0.15) is 12.8 Å². The molecule has 1 fully saturated rings. The first kappa shape index (κ1) is 11.6. The molecule has 3 heterocycles. The van der Waals surface area contributed by atoms with Gasteiger partial charge in [0.1, 0.15) is 0 Å². The predicted molar refractivity (Wildman–Crippen MR) is 74.8 cm³/mol. The minimum Gasteiger partial charge on any atom is -0.363 e. The highest BCUT2D eigenvalue weighted by molar-refractivity contribution is 7.99. The first-order valence-electron chi connectivity index (χ1n) is 6.01. The molecule has 18 heavy (non-hydrogen) atoms. The second kappa shape index (κ2) is 5.03. The van der Waals surface area contributed by atoms with Crippen LogP contribution in [0.3, 0.4) is 0 Å². The zero-order valence-electron chi connectivity index (χ0n) is 9.97. The number of rotatable bonds is 3. The summed E-state index contributed by atoms with van der Waals surface area (Å²) in [4.78, 5) is 8.77. The van der Waals surface area contributed by atoms with Crippen molar-refractivity contribution in [2.24, 2.45) is 5.84 Å². The Morgan fingerprint density at radius 2 is 2.44 bits per heavy atom. The lowest BCUT2D eigenvalue weighted by molar-refractivity contribution is 0.682. The number of anilines is 2. The van der Waals surface area contributed by atoms with Gasteiger partial charge in [-0.3, -0.25) is 0 Å². The van der Waals surface area contributed by atoms with Crippen LogP contribution in [0.5, 0.6) is 0 Å². The minimum atomic E-state index is 0.463. The maximum Gasteiger partial charge on any atom is 0.180 e. The Morgan fingerprint density at radius 3 is 3.22 bits per heavy atom. The Morgan fingerprint density at radius 1 is 1.50 bits per heavy atom. The molecule has 1 aliphatic heterocycles. The fourth-order valence-electron chi connectivity index (χ4n) is 2.15. The summed E-state index contributed by atoms with van der Waals surface area (Å²) < 4.78 is 1.92. The van der Waals surface area contributed by atoms with Gasteiger partial charge in [-0.2, -0.15) is 11.8 Å². The Balaban J connectivity index is 1.91. The fourth-order valence-corrected chi connectivity index (χ4v) is 3.22. The average Bonchev–Trinajstić information content (AvgIpc) is 2.88. The Hall–Kier alpha value is -1.47. The van der Waals surface area contributed by atoms with Gasteiger partial charge in [-0.15, -0.1) is 0 Å². The van der Waals surface area contributed by atoms with E-state index in [-0.39, 0.29) is 0 Å². The Kier molecular flexibility index (Phi) is 3.24. The van der Waals surface area contributed by atoms with Crippen molar-refractivity contribution < 1.29 is 0 Å². The van der Waals surface area contributed by atoms with Crippen LogP contribution >= 0.6 is 11.8 Å². The number of nitrogens with one attached hydrogen (secondary N) is 2. The van der Waals surface area contributed by atoms with Crippen molar-refractivity contribution in [1.82, 2.24) is 14.4 Å². The molecule has 2 aromatic heterocycles. The van der Waals surface area contributed by atoms with E-state index in [1.165, 1.54) is 18.6 Å². The topological polar surface area (TPSA) is 80.3 Å². The minimum absolute atomic E-state index is 0.463. The summed E-state index contributed by atoms with van der Waals surface area (Å²) in [7, 11) is 0. The van der Waals surface area contributed by atoms with Crippen molar-refractivity contribution in [2.45, 2.75) is 18.9 Å². The van der Waals surface area contributed by atoms with Gasteiger partial charge in [-0.25, -0.2) is 15.8 Å². The molecule has 0 amide bonds. The maximum atomic E-state index is 5.43. The number of nitrogen functional groups attached to an aromatic ring is 1. The van der Waals surface area contributed by atoms with Crippen LogP contribution in [0.2, 0.25) is 0 Å². The predicted octanol–water partition coefficient (Wildman–Crippen LogP) is 1.32. The Labute approximate surface area is 109 Å². The van der Waals surface area contributed by atoms with E-state index < -0.39 is 0 Å². The van der Waals surface area contributed by atoms with E-state index in [1.807, 2.05) is 28.6 Å². The number of thioether (sulfide) groups is 1. The molecule has 1 atom stereocenters. The lowest BCUT2D eigenvalue weighted by atomic mass is 10.2. The van der Waals surface area contributed by atoms with Crippen molar-refractivity contribution in [2.75, 3.05) is 22.2 Å². The van der Waals surface area contributed by atoms with E-state index >= 15 is 0 Å². The summed E-state index contributed by atoms with van der Waals surface area (Å²) in [5.74, 6) is 9.24. The molecule has 0 aromatic carbocycles. The summed E-state index contributed by atoms with van der Waals surface area (Å²) in [5.41, 5.74) is 3.42. The van der Waals surface area contributed by atoms with Gasteiger partial charge in [0.25, 0.3) is 0 Å². The number of hydrazine groups is 1. The molecule has 96 valence electrons. The normalized spacial score (nSPS) is 19.9. The van der Waals surface area contributed by atoms with Crippen molar-refractivity contribution in [1.29, 1.82) is 0 Å². The van der Waals surface area contributed by atoms with Gasteiger partial charge in [-0.1, -0.05) is 0 Å². The highest BCUT2D eigenvalue weighted by Crippen LogP contribution is 2.22. The molecule has 1 aliphatic rings. The summed E-state index contributed by atoms with van der Waals surface area (Å²) >= 11 is 1.98. The third kappa shape index (κ3) is 2.23. The van der Waals surface area contributed by atoms with Gasteiger partial charge >= 0.3 is 0 Å². The molecule has 3 rings (SSSR count). The third-order valence-corrected chi connectivity index (χ3v) is 4.24. The second-order valence-corrected chi connectivity index (χ2v) is 5.49. The zero-order chi connectivity index (χ0) is 12.4. The smallest absolute Gasteiger partial charge is 0.180 e. The molecular formula is C11H16N6S. The van der Waals surface area contributed by atoms with Gasteiger partial charge in [0.05, 0.1) is 6.20 Å². The van der Waals surface area contributed by atoms with Crippen molar-refractivity contribution in [3.8, 4) is 0 Å². The number of nitrogens with zero attached hydrogens (tertiary/aromatic N) is 3. The standard InChI is InChI=1S/C11H16N6S/c12-16-9-6-17-4-3-13-11(17)10(15-9)14-8-2-1-5-18-7-8/h3-4,6,8,16H,1-2,5,7,12H2,(H,14,15). The van der Waals surface area contributed by atoms with Crippen molar-refractivity contribution in [3.63, 3.8) is 0 Å². The number of hydrogen-bond donors (Lipinski definition) is 3. The lowest BCUT2D eigenvalue weighted by Crippen LogP contribution is -2.27. The molecule has 0 spiro atoms. The van der Waals surface area contributed by atoms with E-state index in [2.05, 4.69) is 20.7 Å². The molecule has 7 heteroatoms. The third-order valence-electron chi connectivity index (χ3n) is 3.02. The van der Waals surface area contributed by atoms with Gasteiger partial charge in [0.15, 0.2) is 17.3 Å². The molecule has 0 aliphatic carbocycles. The molecular weight excluding hydrogens is 248 g/mol. The molecule has 4 N–H and O–H groups in total. The van der Waals surface area contributed by atoms with Gasteiger partial charge < -0.3 is 15.1 Å². The van der Waals surface area contributed by atoms with E-state index in [0.717, 1.165) is 17.2 Å². The molecule has 1 unspecified atom stereocenters. The summed E-state index contributed by atoms with van der Waals surface area (Å²) in [6.45, 7) is 0. The van der Waals surface area contributed by atoms with Crippen LogP contribution in [0, 0.1) is 0 Å². The number of fused-ring (bicyclic) bond motifs is 1. The first-order valence-corrected chi connectivity index (χ1v) is 7.17. The molecule has 0 radical (unpaired) electrons. The van der Waals surface area contributed by atoms with E-state index in [4.69, 9.17) is 5.84 Å². The average molecular weight is 264 g/mol. The lowest BCUT2D eigenvalue weighted by Gasteiger charge is -2.23. The number of aromatic nitrogens is 3. The van der Waals surface area contributed by atoms with Gasteiger partial charge in [0, 0.05) is 24.2 Å². The van der Waals surface area contributed by atoms with Crippen molar-refractivity contribution >= 4 is 29.0 Å². The number of hydrogen-bond acceptors (Lipinski definition) is 6. The van der Waals surface area contributed by atoms with E-state index in [9.17, 15) is 0 Å².